The molecule has 4 N–H and O–H groups in total. The molecule has 1 atom stereocenters. The highest BCUT2D eigenvalue weighted by molar-refractivity contribution is 7.86. The van der Waals surface area contributed by atoms with Crippen LogP contribution in [0.4, 0.5) is 21.0 Å². The SMILES string of the molecule is C[C@H](NC(=O)OC(C)(C)C)c1nc2cccc(Cl)c2c(=O)n1-c1cccc(NC(=O)Nc2ccccc2S(=O)(=O)O)c1. The fourth-order valence-corrected chi connectivity index (χ4v) is 5.00. The quantitative estimate of drug-likeness (QED) is 0.206. The number of carbonyl (C=O) groups is 2. The summed E-state index contributed by atoms with van der Waals surface area (Å²) in [4.78, 5) is 43.2. The molecule has 4 rings (SSSR count). The number of alkyl carbamates (subject to hydrolysis) is 1. The number of hydrogen-bond donors (Lipinski definition) is 4. The molecule has 1 heterocycles. The Bertz CT molecular complexity index is 1850. The average Bonchev–Trinajstić information content (AvgIpc) is 2.87. The zero-order chi connectivity index (χ0) is 30.8. The average molecular weight is 614 g/mol. The van der Waals surface area contributed by atoms with Gasteiger partial charge in [-0.05, 0) is 70.2 Å². The van der Waals surface area contributed by atoms with E-state index in [1.165, 1.54) is 28.8 Å². The van der Waals surface area contributed by atoms with Crippen LogP contribution in [0.1, 0.15) is 39.6 Å². The number of anilines is 2. The largest absolute Gasteiger partial charge is 0.444 e. The van der Waals surface area contributed by atoms with Gasteiger partial charge in [0.05, 0.1) is 33.3 Å². The first-order valence-corrected chi connectivity index (χ1v) is 14.4. The molecule has 0 saturated heterocycles. The van der Waals surface area contributed by atoms with Crippen LogP contribution in [0.25, 0.3) is 16.6 Å². The number of aromatic nitrogens is 2. The Morgan fingerprint density at radius 2 is 1.71 bits per heavy atom. The van der Waals surface area contributed by atoms with Gasteiger partial charge in [0.1, 0.15) is 16.3 Å². The normalized spacial score (nSPS) is 12.4. The van der Waals surface area contributed by atoms with Crippen molar-refractivity contribution < 1.29 is 27.3 Å². The van der Waals surface area contributed by atoms with E-state index in [1.807, 2.05) is 0 Å². The summed E-state index contributed by atoms with van der Waals surface area (Å²) in [7, 11) is -4.59. The van der Waals surface area contributed by atoms with Crippen LogP contribution >= 0.6 is 11.6 Å². The first-order chi connectivity index (χ1) is 19.6. The highest BCUT2D eigenvalue weighted by Crippen LogP contribution is 2.25. The van der Waals surface area contributed by atoms with Crippen molar-refractivity contribution in [1.82, 2.24) is 14.9 Å². The maximum atomic E-state index is 13.8. The molecule has 3 aromatic carbocycles. The summed E-state index contributed by atoms with van der Waals surface area (Å²) < 4.78 is 39.4. The number of rotatable bonds is 6. The van der Waals surface area contributed by atoms with E-state index < -0.39 is 44.3 Å². The molecule has 0 unspecified atom stereocenters. The molecule has 0 spiro atoms. The Kier molecular flexibility index (Phi) is 8.57. The van der Waals surface area contributed by atoms with Crippen LogP contribution in [0.5, 0.6) is 0 Å². The van der Waals surface area contributed by atoms with Gasteiger partial charge in [0.25, 0.3) is 15.7 Å². The second-order valence-corrected chi connectivity index (χ2v) is 12.0. The maximum absolute atomic E-state index is 13.8. The highest BCUT2D eigenvalue weighted by atomic mass is 35.5. The smallest absolute Gasteiger partial charge is 0.408 e. The van der Waals surface area contributed by atoms with Crippen LogP contribution in [0.15, 0.2) is 76.4 Å². The third-order valence-electron chi connectivity index (χ3n) is 5.77. The topological polar surface area (TPSA) is 169 Å². The first-order valence-electron chi connectivity index (χ1n) is 12.6. The summed E-state index contributed by atoms with van der Waals surface area (Å²) in [5, 5.41) is 8.00. The maximum Gasteiger partial charge on any atom is 0.408 e. The van der Waals surface area contributed by atoms with Gasteiger partial charge in [-0.15, -0.1) is 0 Å². The van der Waals surface area contributed by atoms with Crippen LogP contribution < -0.4 is 21.5 Å². The van der Waals surface area contributed by atoms with Crippen LogP contribution in [0.2, 0.25) is 5.02 Å². The predicted molar refractivity (Wildman–Crippen MR) is 159 cm³/mol. The summed E-state index contributed by atoms with van der Waals surface area (Å²) in [6.07, 6.45) is -0.709. The number of hydrogen-bond acceptors (Lipinski definition) is 7. The van der Waals surface area contributed by atoms with Crippen molar-refractivity contribution in [2.24, 2.45) is 0 Å². The first kappa shape index (κ1) is 30.5. The summed E-state index contributed by atoms with van der Waals surface area (Å²) >= 11 is 6.36. The fraction of sp³-hybridized carbons (Fsp3) is 0.214. The lowest BCUT2D eigenvalue weighted by Gasteiger charge is -2.23. The summed E-state index contributed by atoms with van der Waals surface area (Å²) in [6.45, 7) is 6.80. The van der Waals surface area contributed by atoms with Crippen molar-refractivity contribution in [3.8, 4) is 5.69 Å². The predicted octanol–water partition coefficient (Wildman–Crippen LogP) is 5.52. The Labute approximate surface area is 246 Å². The Morgan fingerprint density at radius 1 is 1.02 bits per heavy atom. The molecular formula is C28H28ClN5O7S. The Morgan fingerprint density at radius 3 is 2.40 bits per heavy atom. The molecule has 0 aliphatic rings. The van der Waals surface area contributed by atoms with Gasteiger partial charge in [0.15, 0.2) is 0 Å². The van der Waals surface area contributed by atoms with Crippen molar-refractivity contribution >= 4 is 56.1 Å². The molecule has 0 fully saturated rings. The van der Waals surface area contributed by atoms with Gasteiger partial charge in [0, 0.05) is 5.69 Å². The molecule has 14 heteroatoms. The van der Waals surface area contributed by atoms with E-state index in [0.29, 0.717) is 11.2 Å². The molecule has 220 valence electrons. The third-order valence-corrected chi connectivity index (χ3v) is 7.00. The molecular weight excluding hydrogens is 586 g/mol. The van der Waals surface area contributed by atoms with Gasteiger partial charge in [-0.3, -0.25) is 13.9 Å². The number of urea groups is 1. The van der Waals surface area contributed by atoms with Crippen molar-refractivity contribution in [2.45, 2.75) is 44.2 Å². The number of halogens is 1. The minimum absolute atomic E-state index is 0.137. The van der Waals surface area contributed by atoms with Crippen LogP contribution in [-0.4, -0.2) is 40.2 Å². The standard InChI is InChI=1S/C28H28ClN5O7S/c1-16(30-27(37)41-28(2,3)4)24-32-21-13-8-11-19(29)23(21)25(35)34(24)18-10-7-9-17(15-18)31-26(36)33-20-12-5-6-14-22(20)42(38,39)40/h5-16H,1-4H3,(H,30,37)(H2,31,33,36)(H,38,39,40)/t16-/m0/s1. The van der Waals surface area contributed by atoms with E-state index in [1.54, 1.807) is 64.1 Å². The van der Waals surface area contributed by atoms with Crippen molar-refractivity contribution in [3.63, 3.8) is 0 Å². The number of ether oxygens (including phenoxy) is 1. The molecule has 12 nitrogen and oxygen atoms in total. The molecule has 1 aromatic heterocycles. The molecule has 0 aliphatic heterocycles. The van der Waals surface area contributed by atoms with Crippen LogP contribution in [-0.2, 0) is 14.9 Å². The van der Waals surface area contributed by atoms with Gasteiger partial charge in [-0.2, -0.15) is 8.42 Å². The van der Waals surface area contributed by atoms with Gasteiger partial charge in [0.2, 0.25) is 0 Å². The van der Waals surface area contributed by atoms with Gasteiger partial charge >= 0.3 is 12.1 Å². The van der Waals surface area contributed by atoms with E-state index in [0.717, 1.165) is 6.07 Å². The fourth-order valence-electron chi connectivity index (χ4n) is 4.10. The highest BCUT2D eigenvalue weighted by Gasteiger charge is 2.24. The number of carbonyl (C=O) groups excluding carboxylic acids is 2. The van der Waals surface area contributed by atoms with Crippen molar-refractivity contribution in [2.75, 3.05) is 10.6 Å². The minimum atomic E-state index is -4.59. The van der Waals surface area contributed by atoms with E-state index in [2.05, 4.69) is 20.9 Å². The number of nitrogens with zero attached hydrogens (tertiary/aromatic N) is 2. The van der Waals surface area contributed by atoms with Crippen molar-refractivity contribution in [3.05, 3.63) is 87.9 Å². The number of fused-ring (bicyclic) bond motifs is 1. The lowest BCUT2D eigenvalue weighted by atomic mass is 10.2. The lowest BCUT2D eigenvalue weighted by Crippen LogP contribution is -2.37. The monoisotopic (exact) mass is 613 g/mol. The summed E-state index contributed by atoms with van der Waals surface area (Å²) in [6, 6.07) is 14.8. The second-order valence-electron chi connectivity index (χ2n) is 10.2. The van der Waals surface area contributed by atoms with Crippen LogP contribution in [0, 0.1) is 0 Å². The molecule has 0 saturated carbocycles. The molecule has 42 heavy (non-hydrogen) atoms. The zero-order valence-electron chi connectivity index (χ0n) is 23.0. The zero-order valence-corrected chi connectivity index (χ0v) is 24.6. The molecule has 3 amide bonds. The summed E-state index contributed by atoms with van der Waals surface area (Å²) in [5.41, 5.74) is -0.555. The van der Waals surface area contributed by atoms with E-state index in [-0.39, 0.29) is 27.6 Å². The minimum Gasteiger partial charge on any atom is -0.444 e. The Balaban J connectivity index is 1.73. The molecule has 0 bridgehead atoms. The van der Waals surface area contributed by atoms with E-state index >= 15 is 0 Å². The Hall–Kier alpha value is -4.46. The number of para-hydroxylation sites is 1. The molecule has 4 aromatic rings. The van der Waals surface area contributed by atoms with Gasteiger partial charge in [-0.1, -0.05) is 35.9 Å². The lowest BCUT2D eigenvalue weighted by molar-refractivity contribution is 0.0505. The van der Waals surface area contributed by atoms with E-state index in [4.69, 9.17) is 16.3 Å². The third kappa shape index (κ3) is 7.05. The van der Waals surface area contributed by atoms with Gasteiger partial charge in [-0.25, -0.2) is 14.6 Å². The van der Waals surface area contributed by atoms with Crippen molar-refractivity contribution in [1.29, 1.82) is 0 Å². The number of amides is 3. The summed E-state index contributed by atoms with van der Waals surface area (Å²) in [5.74, 6) is 0.171. The molecule has 0 radical (unpaired) electrons. The van der Waals surface area contributed by atoms with Gasteiger partial charge < -0.3 is 20.7 Å². The number of benzene rings is 3. The van der Waals surface area contributed by atoms with E-state index in [9.17, 15) is 27.4 Å². The molecule has 0 aliphatic carbocycles. The second kappa shape index (κ2) is 11.8. The van der Waals surface area contributed by atoms with Crippen LogP contribution in [0.3, 0.4) is 0 Å². The number of nitrogens with one attached hydrogen (secondary N) is 3.